The molecule has 2 aromatic carbocycles. The van der Waals surface area contributed by atoms with Gasteiger partial charge in [0.05, 0.1) is 11.7 Å². The number of nitrogens with one attached hydrogen (secondary N) is 1. The van der Waals surface area contributed by atoms with Crippen LogP contribution in [-0.2, 0) is 7.05 Å². The molecule has 5 aromatic rings. The molecule has 6 rings (SSSR count). The van der Waals surface area contributed by atoms with Crippen molar-refractivity contribution in [3.63, 3.8) is 0 Å². The Kier molecular flexibility index (Phi) is 5.41. The minimum Gasteiger partial charge on any atom is -0.354 e. The predicted molar refractivity (Wildman–Crippen MR) is 139 cm³/mol. The first-order valence-electron chi connectivity index (χ1n) is 12.0. The maximum atomic E-state index is 13.0. The van der Waals surface area contributed by atoms with E-state index in [0.717, 1.165) is 47.2 Å². The molecule has 36 heavy (non-hydrogen) atoms. The van der Waals surface area contributed by atoms with E-state index in [9.17, 15) is 4.79 Å². The Morgan fingerprint density at radius 1 is 1.06 bits per heavy atom. The van der Waals surface area contributed by atoms with Gasteiger partial charge in [-0.15, -0.1) is 0 Å². The van der Waals surface area contributed by atoms with Crippen LogP contribution in [0.1, 0.15) is 18.7 Å². The fourth-order valence-corrected chi connectivity index (χ4v) is 4.87. The number of aryl methyl sites for hydroxylation is 1. The van der Waals surface area contributed by atoms with E-state index < -0.39 is 0 Å². The molecule has 4 heterocycles. The van der Waals surface area contributed by atoms with Gasteiger partial charge in [-0.2, -0.15) is 10.2 Å². The molecule has 1 fully saturated rings. The summed E-state index contributed by atoms with van der Waals surface area (Å²) < 4.78 is 7.44. The third-order valence-corrected chi connectivity index (χ3v) is 6.86. The first-order chi connectivity index (χ1) is 17.5. The van der Waals surface area contributed by atoms with Crippen molar-refractivity contribution in [2.24, 2.45) is 7.05 Å². The lowest BCUT2D eigenvalue weighted by molar-refractivity contribution is 0.0533. The smallest absolute Gasteiger partial charge is 0.254 e. The maximum Gasteiger partial charge on any atom is 0.254 e. The number of amides is 1. The van der Waals surface area contributed by atoms with Crippen molar-refractivity contribution in [3.05, 3.63) is 66.5 Å². The second-order valence-electron chi connectivity index (χ2n) is 9.50. The Balaban J connectivity index is 0.00000280. The van der Waals surface area contributed by atoms with Crippen LogP contribution in [0.3, 0.4) is 0 Å². The highest BCUT2D eigenvalue weighted by molar-refractivity contribution is 5.96. The summed E-state index contributed by atoms with van der Waals surface area (Å²) >= 11 is 0. The molecule has 0 bridgehead atoms. The van der Waals surface area contributed by atoms with Crippen molar-refractivity contribution in [2.45, 2.75) is 13.0 Å². The van der Waals surface area contributed by atoms with Crippen LogP contribution in [0, 0.1) is 0 Å². The molecule has 1 atom stereocenters. The van der Waals surface area contributed by atoms with Crippen LogP contribution in [0.2, 0.25) is 0 Å². The standard InChI is InChI=1S/C27H27N7O2.H2/c1-17-15-32(2)10-11-34(17)27(35)19-6-4-18(5-7-19)23-13-25(36-31-23)26-22-9-8-20(12-24(22)29-30-26)21-14-28-33(3)16-21;/h4-9,12-14,16-17H,10-11,15H2,1-3H3,(H,29,30);1H. The van der Waals surface area contributed by atoms with E-state index in [1.807, 2.05) is 66.8 Å². The Morgan fingerprint density at radius 3 is 2.61 bits per heavy atom. The highest BCUT2D eigenvalue weighted by Gasteiger charge is 2.26. The summed E-state index contributed by atoms with van der Waals surface area (Å²) in [7, 11) is 3.99. The van der Waals surface area contributed by atoms with Crippen LogP contribution in [-0.4, -0.2) is 73.6 Å². The lowest BCUT2D eigenvalue weighted by Gasteiger charge is -2.38. The van der Waals surface area contributed by atoms with Crippen LogP contribution in [0.25, 0.3) is 44.7 Å². The van der Waals surface area contributed by atoms with Gasteiger partial charge in [0.15, 0.2) is 5.76 Å². The van der Waals surface area contributed by atoms with Crippen molar-refractivity contribution < 1.29 is 10.7 Å². The minimum atomic E-state index is 0. The highest BCUT2D eigenvalue weighted by Crippen LogP contribution is 2.32. The maximum absolute atomic E-state index is 13.0. The Bertz CT molecular complexity index is 1550. The molecule has 9 nitrogen and oxygen atoms in total. The minimum absolute atomic E-state index is 0. The molecular weight excluding hydrogens is 454 g/mol. The normalized spacial score (nSPS) is 16.6. The zero-order valence-corrected chi connectivity index (χ0v) is 20.5. The molecule has 184 valence electrons. The topological polar surface area (TPSA) is 96.1 Å². The van der Waals surface area contributed by atoms with Gasteiger partial charge in [-0.1, -0.05) is 23.4 Å². The molecule has 1 unspecified atom stereocenters. The molecule has 1 saturated heterocycles. The van der Waals surface area contributed by atoms with Crippen LogP contribution < -0.4 is 0 Å². The summed E-state index contributed by atoms with van der Waals surface area (Å²) in [6.45, 7) is 4.62. The Morgan fingerprint density at radius 2 is 1.86 bits per heavy atom. The van der Waals surface area contributed by atoms with E-state index in [1.165, 1.54) is 0 Å². The van der Waals surface area contributed by atoms with Crippen LogP contribution in [0.5, 0.6) is 0 Å². The number of hydrogen-bond acceptors (Lipinski definition) is 6. The monoisotopic (exact) mass is 483 g/mol. The van der Waals surface area contributed by atoms with E-state index in [4.69, 9.17) is 4.52 Å². The van der Waals surface area contributed by atoms with Gasteiger partial charge in [-0.05, 0) is 43.8 Å². The van der Waals surface area contributed by atoms with Gasteiger partial charge in [0.2, 0.25) is 0 Å². The number of aromatic amines is 1. The van der Waals surface area contributed by atoms with E-state index in [1.54, 1.807) is 4.68 Å². The number of rotatable bonds is 4. The van der Waals surface area contributed by atoms with E-state index >= 15 is 0 Å². The predicted octanol–water partition coefficient (Wildman–Crippen LogP) is 4.31. The van der Waals surface area contributed by atoms with Gasteiger partial charge >= 0.3 is 0 Å². The molecule has 1 amide bonds. The van der Waals surface area contributed by atoms with Crippen molar-refractivity contribution >= 4 is 16.8 Å². The van der Waals surface area contributed by atoms with Crippen molar-refractivity contribution in [3.8, 4) is 33.8 Å². The molecule has 0 spiro atoms. The Labute approximate surface area is 209 Å². The third kappa shape index (κ3) is 3.97. The van der Waals surface area contributed by atoms with Crippen LogP contribution >= 0.6 is 0 Å². The zero-order chi connectivity index (χ0) is 24.8. The number of aromatic nitrogens is 5. The van der Waals surface area contributed by atoms with E-state index in [0.29, 0.717) is 22.7 Å². The molecular formula is C27H29N7O2. The number of likely N-dealkylation sites (N-methyl/N-ethyl adjacent to an activating group) is 1. The number of carbonyl (C=O) groups excluding carboxylic acids is 1. The molecule has 1 aliphatic heterocycles. The number of carbonyl (C=O) groups is 1. The largest absolute Gasteiger partial charge is 0.354 e. The molecule has 0 aliphatic carbocycles. The first-order valence-corrected chi connectivity index (χ1v) is 12.0. The second kappa shape index (κ2) is 8.76. The molecule has 1 N–H and O–H groups in total. The third-order valence-electron chi connectivity index (χ3n) is 6.86. The molecule has 0 saturated carbocycles. The number of nitrogens with zero attached hydrogens (tertiary/aromatic N) is 6. The van der Waals surface area contributed by atoms with Crippen molar-refractivity contribution in [1.29, 1.82) is 0 Å². The van der Waals surface area contributed by atoms with Crippen LogP contribution in [0.4, 0.5) is 0 Å². The van der Waals surface area contributed by atoms with Gasteiger partial charge in [0.1, 0.15) is 11.4 Å². The molecule has 3 aromatic heterocycles. The second-order valence-corrected chi connectivity index (χ2v) is 9.50. The number of fused-ring (bicyclic) bond motifs is 1. The number of hydrogen-bond donors (Lipinski definition) is 1. The molecule has 0 radical (unpaired) electrons. The Hall–Kier alpha value is -4.24. The zero-order valence-electron chi connectivity index (χ0n) is 20.5. The van der Waals surface area contributed by atoms with Gasteiger partial charge in [0.25, 0.3) is 5.91 Å². The van der Waals surface area contributed by atoms with E-state index in [2.05, 4.69) is 45.4 Å². The van der Waals surface area contributed by atoms with Gasteiger partial charge < -0.3 is 14.3 Å². The van der Waals surface area contributed by atoms with Gasteiger partial charge in [-0.3, -0.25) is 14.6 Å². The number of benzene rings is 2. The number of piperazine rings is 1. The summed E-state index contributed by atoms with van der Waals surface area (Å²) in [5, 5.41) is 17.0. The lowest BCUT2D eigenvalue weighted by atomic mass is 10.0. The average Bonchev–Trinajstić information content (AvgIpc) is 3.63. The van der Waals surface area contributed by atoms with Crippen molar-refractivity contribution in [2.75, 3.05) is 26.7 Å². The average molecular weight is 484 g/mol. The van der Waals surface area contributed by atoms with E-state index in [-0.39, 0.29) is 13.4 Å². The first kappa shape index (κ1) is 22.2. The van der Waals surface area contributed by atoms with Gasteiger partial charge in [-0.25, -0.2) is 0 Å². The molecule has 9 heteroatoms. The molecule has 1 aliphatic rings. The SMILES string of the molecule is CC1CN(C)CCN1C(=O)c1ccc(-c2cc(-c3n[nH]c4cc(-c5cnn(C)c5)ccc34)on2)cc1.[HH]. The summed E-state index contributed by atoms with van der Waals surface area (Å²) in [6.07, 6.45) is 3.82. The summed E-state index contributed by atoms with van der Waals surface area (Å²) in [5.41, 5.74) is 5.97. The fraction of sp³-hybridized carbons (Fsp3) is 0.259. The quantitative estimate of drug-likeness (QED) is 0.409. The summed E-state index contributed by atoms with van der Waals surface area (Å²) in [6, 6.07) is 15.8. The highest BCUT2D eigenvalue weighted by atomic mass is 16.5. The van der Waals surface area contributed by atoms with Crippen LogP contribution in [0.15, 0.2) is 65.4 Å². The summed E-state index contributed by atoms with van der Waals surface area (Å²) in [4.78, 5) is 17.2. The number of H-pyrrole nitrogens is 1. The van der Waals surface area contributed by atoms with Gasteiger partial charge in [0, 0.05) is 68.5 Å². The fourth-order valence-electron chi connectivity index (χ4n) is 4.87. The lowest BCUT2D eigenvalue weighted by Crippen LogP contribution is -2.52. The summed E-state index contributed by atoms with van der Waals surface area (Å²) in [5.74, 6) is 0.647. The van der Waals surface area contributed by atoms with Crippen molar-refractivity contribution in [1.82, 2.24) is 34.9 Å².